The highest BCUT2D eigenvalue weighted by Gasteiger charge is 2.14. The SMILES string of the molecule is Nc1ncncc1C(=O)c1ccn(Cc2ccccc2)c1. The van der Waals surface area contributed by atoms with E-state index in [0.717, 1.165) is 6.54 Å². The zero-order valence-electron chi connectivity index (χ0n) is 11.3. The van der Waals surface area contributed by atoms with Gasteiger partial charge in [-0.05, 0) is 11.6 Å². The van der Waals surface area contributed by atoms with Crippen LogP contribution in [0.4, 0.5) is 5.82 Å². The molecule has 0 saturated carbocycles. The number of nitrogens with zero attached hydrogens (tertiary/aromatic N) is 3. The van der Waals surface area contributed by atoms with Crippen molar-refractivity contribution in [3.05, 3.63) is 78.0 Å². The van der Waals surface area contributed by atoms with Gasteiger partial charge in [0.15, 0.2) is 5.78 Å². The Kier molecular flexibility index (Phi) is 3.47. The zero-order chi connectivity index (χ0) is 14.7. The van der Waals surface area contributed by atoms with Gasteiger partial charge in [-0.15, -0.1) is 0 Å². The van der Waals surface area contributed by atoms with Crippen LogP contribution in [-0.2, 0) is 6.54 Å². The Hall–Kier alpha value is -2.95. The summed E-state index contributed by atoms with van der Waals surface area (Å²) in [7, 11) is 0. The summed E-state index contributed by atoms with van der Waals surface area (Å²) in [6.07, 6.45) is 6.45. The molecule has 0 amide bonds. The fourth-order valence-electron chi connectivity index (χ4n) is 2.14. The van der Waals surface area contributed by atoms with Gasteiger partial charge in [0.1, 0.15) is 12.1 Å². The molecule has 2 heterocycles. The second-order valence-electron chi connectivity index (χ2n) is 4.71. The first-order valence-electron chi connectivity index (χ1n) is 6.54. The van der Waals surface area contributed by atoms with Crippen LogP contribution in [-0.4, -0.2) is 20.3 Å². The molecule has 0 spiro atoms. The second-order valence-corrected chi connectivity index (χ2v) is 4.71. The van der Waals surface area contributed by atoms with Gasteiger partial charge in [-0.2, -0.15) is 0 Å². The number of rotatable bonds is 4. The predicted molar refractivity (Wildman–Crippen MR) is 79.9 cm³/mol. The number of ketones is 1. The quantitative estimate of drug-likeness (QED) is 0.742. The van der Waals surface area contributed by atoms with E-state index in [1.807, 2.05) is 47.3 Å². The third-order valence-corrected chi connectivity index (χ3v) is 3.21. The van der Waals surface area contributed by atoms with Crippen LogP contribution in [0, 0.1) is 0 Å². The number of carbonyl (C=O) groups excluding carboxylic acids is 1. The molecular weight excluding hydrogens is 264 g/mol. The molecule has 2 N–H and O–H groups in total. The molecule has 0 saturated heterocycles. The number of nitrogen functional groups attached to an aromatic ring is 1. The number of benzene rings is 1. The molecule has 5 nitrogen and oxygen atoms in total. The standard InChI is InChI=1S/C16H14N4O/c17-16-14(8-18-11-19-16)15(21)13-6-7-20(10-13)9-12-4-2-1-3-5-12/h1-8,10-11H,9H2,(H2,17,18,19). The van der Waals surface area contributed by atoms with Crippen LogP contribution in [0.5, 0.6) is 0 Å². The van der Waals surface area contributed by atoms with E-state index in [2.05, 4.69) is 9.97 Å². The fourth-order valence-corrected chi connectivity index (χ4v) is 2.14. The monoisotopic (exact) mass is 278 g/mol. The Labute approximate surface area is 122 Å². The van der Waals surface area contributed by atoms with Crippen molar-refractivity contribution in [2.45, 2.75) is 6.54 Å². The van der Waals surface area contributed by atoms with Gasteiger partial charge in [0, 0.05) is 30.7 Å². The van der Waals surface area contributed by atoms with E-state index in [-0.39, 0.29) is 11.6 Å². The van der Waals surface area contributed by atoms with E-state index < -0.39 is 0 Å². The smallest absolute Gasteiger partial charge is 0.199 e. The van der Waals surface area contributed by atoms with E-state index in [4.69, 9.17) is 5.73 Å². The zero-order valence-corrected chi connectivity index (χ0v) is 11.3. The number of hydrogen-bond acceptors (Lipinski definition) is 4. The first-order valence-corrected chi connectivity index (χ1v) is 6.54. The van der Waals surface area contributed by atoms with E-state index in [1.165, 1.54) is 18.1 Å². The van der Waals surface area contributed by atoms with Gasteiger partial charge in [-0.25, -0.2) is 9.97 Å². The Morgan fingerprint density at radius 1 is 1.19 bits per heavy atom. The van der Waals surface area contributed by atoms with Crippen molar-refractivity contribution < 1.29 is 4.79 Å². The summed E-state index contributed by atoms with van der Waals surface area (Å²) in [5.41, 5.74) is 7.79. The van der Waals surface area contributed by atoms with Gasteiger partial charge < -0.3 is 10.3 Å². The number of carbonyl (C=O) groups is 1. The maximum absolute atomic E-state index is 12.4. The molecule has 3 rings (SSSR count). The average molecular weight is 278 g/mol. The molecule has 0 radical (unpaired) electrons. The highest BCUT2D eigenvalue weighted by atomic mass is 16.1. The Morgan fingerprint density at radius 3 is 2.76 bits per heavy atom. The largest absolute Gasteiger partial charge is 0.383 e. The summed E-state index contributed by atoms with van der Waals surface area (Å²) in [5.74, 6) is 0.0331. The van der Waals surface area contributed by atoms with E-state index >= 15 is 0 Å². The third-order valence-electron chi connectivity index (χ3n) is 3.21. The molecule has 21 heavy (non-hydrogen) atoms. The molecule has 104 valence electrons. The molecule has 2 aromatic heterocycles. The number of aromatic nitrogens is 3. The Morgan fingerprint density at radius 2 is 2.00 bits per heavy atom. The Balaban J connectivity index is 1.82. The molecule has 0 unspecified atom stereocenters. The van der Waals surface area contributed by atoms with Gasteiger partial charge in [0.2, 0.25) is 0 Å². The number of nitrogens with two attached hydrogens (primary N) is 1. The van der Waals surface area contributed by atoms with Crippen molar-refractivity contribution in [1.29, 1.82) is 0 Å². The molecule has 0 atom stereocenters. The summed E-state index contributed by atoms with van der Waals surface area (Å²) in [4.78, 5) is 20.0. The normalized spacial score (nSPS) is 10.5. The predicted octanol–water partition coefficient (Wildman–Crippen LogP) is 2.14. The molecule has 0 bridgehead atoms. The molecule has 3 aromatic rings. The summed E-state index contributed by atoms with van der Waals surface area (Å²) in [6, 6.07) is 11.8. The third kappa shape index (κ3) is 2.81. The lowest BCUT2D eigenvalue weighted by Gasteiger charge is -2.03. The van der Waals surface area contributed by atoms with Crippen LogP contribution in [0.25, 0.3) is 0 Å². The van der Waals surface area contributed by atoms with Crippen LogP contribution in [0.3, 0.4) is 0 Å². The molecule has 5 heteroatoms. The topological polar surface area (TPSA) is 73.8 Å². The van der Waals surface area contributed by atoms with Crippen LogP contribution in [0.2, 0.25) is 0 Å². The first kappa shape index (κ1) is 13.1. The van der Waals surface area contributed by atoms with E-state index in [1.54, 1.807) is 6.07 Å². The van der Waals surface area contributed by atoms with Crippen molar-refractivity contribution in [3.63, 3.8) is 0 Å². The van der Waals surface area contributed by atoms with Crippen LogP contribution in [0.15, 0.2) is 61.3 Å². The minimum atomic E-state index is -0.167. The summed E-state index contributed by atoms with van der Waals surface area (Å²) in [6.45, 7) is 0.717. The van der Waals surface area contributed by atoms with Crippen LogP contribution >= 0.6 is 0 Å². The van der Waals surface area contributed by atoms with Crippen LogP contribution < -0.4 is 5.73 Å². The lowest BCUT2D eigenvalue weighted by Crippen LogP contribution is -2.07. The summed E-state index contributed by atoms with van der Waals surface area (Å²) < 4.78 is 1.96. The minimum Gasteiger partial charge on any atom is -0.383 e. The maximum Gasteiger partial charge on any atom is 0.199 e. The fraction of sp³-hybridized carbons (Fsp3) is 0.0625. The van der Waals surface area contributed by atoms with E-state index in [0.29, 0.717) is 11.1 Å². The highest BCUT2D eigenvalue weighted by Crippen LogP contribution is 2.14. The first-order chi connectivity index (χ1) is 10.2. The summed E-state index contributed by atoms with van der Waals surface area (Å²) in [5, 5.41) is 0. The van der Waals surface area contributed by atoms with Gasteiger partial charge in [-0.3, -0.25) is 4.79 Å². The molecule has 0 fully saturated rings. The lowest BCUT2D eigenvalue weighted by atomic mass is 10.1. The molecular formula is C16H14N4O. The van der Waals surface area contributed by atoms with Gasteiger partial charge in [0.05, 0.1) is 5.56 Å². The highest BCUT2D eigenvalue weighted by molar-refractivity contribution is 6.11. The van der Waals surface area contributed by atoms with Crippen molar-refractivity contribution >= 4 is 11.6 Å². The average Bonchev–Trinajstić information content (AvgIpc) is 2.97. The van der Waals surface area contributed by atoms with Crippen molar-refractivity contribution in [2.24, 2.45) is 0 Å². The number of anilines is 1. The van der Waals surface area contributed by atoms with Crippen molar-refractivity contribution in [1.82, 2.24) is 14.5 Å². The lowest BCUT2D eigenvalue weighted by molar-refractivity contribution is 0.103. The maximum atomic E-state index is 12.4. The summed E-state index contributed by atoms with van der Waals surface area (Å²) >= 11 is 0. The molecule has 1 aromatic carbocycles. The molecule has 0 aliphatic rings. The van der Waals surface area contributed by atoms with E-state index in [9.17, 15) is 4.79 Å². The van der Waals surface area contributed by atoms with Gasteiger partial charge in [-0.1, -0.05) is 30.3 Å². The van der Waals surface area contributed by atoms with Crippen molar-refractivity contribution in [2.75, 3.05) is 5.73 Å². The van der Waals surface area contributed by atoms with Crippen molar-refractivity contribution in [3.8, 4) is 0 Å². The number of hydrogen-bond donors (Lipinski definition) is 1. The Bertz CT molecular complexity index is 765. The van der Waals surface area contributed by atoms with Gasteiger partial charge in [0.25, 0.3) is 0 Å². The van der Waals surface area contributed by atoms with Crippen LogP contribution in [0.1, 0.15) is 21.5 Å². The molecule has 0 aliphatic heterocycles. The van der Waals surface area contributed by atoms with Gasteiger partial charge >= 0.3 is 0 Å². The minimum absolute atomic E-state index is 0.167. The molecule has 0 aliphatic carbocycles. The second kappa shape index (κ2) is 5.58.